The normalized spacial score (nSPS) is 13.7. The Morgan fingerprint density at radius 2 is 2.05 bits per heavy atom. The molecule has 0 radical (unpaired) electrons. The van der Waals surface area contributed by atoms with Gasteiger partial charge in [-0.05, 0) is 37.1 Å². The second-order valence-corrected chi connectivity index (χ2v) is 6.33. The van der Waals surface area contributed by atoms with Gasteiger partial charge in [0, 0.05) is 35.8 Å². The first kappa shape index (κ1) is 14.7. The Morgan fingerprint density at radius 1 is 1.32 bits per heavy atom. The minimum Gasteiger partial charge on any atom is -0.329 e. The number of anilines is 1. The quantitative estimate of drug-likeness (QED) is 0.923. The van der Waals surface area contributed by atoms with E-state index in [0.29, 0.717) is 23.8 Å². The number of hydrogen-bond donors (Lipinski definition) is 1. The van der Waals surface area contributed by atoms with Crippen molar-refractivity contribution in [3.63, 3.8) is 0 Å². The lowest BCUT2D eigenvalue weighted by molar-refractivity contribution is -0.114. The summed E-state index contributed by atoms with van der Waals surface area (Å²) in [6, 6.07) is 7.34. The molecule has 1 aliphatic rings. The van der Waals surface area contributed by atoms with Gasteiger partial charge in [0.1, 0.15) is 5.01 Å². The average Bonchev–Trinajstić information content (AvgIpc) is 3.21. The highest BCUT2D eigenvalue weighted by molar-refractivity contribution is 7.09. The van der Waals surface area contributed by atoms with Crippen molar-refractivity contribution in [3.05, 3.63) is 46.4 Å². The van der Waals surface area contributed by atoms with Crippen LogP contribution in [0.15, 0.2) is 35.8 Å². The molecular formula is C16H17N3O2S. The van der Waals surface area contributed by atoms with Gasteiger partial charge in [-0.3, -0.25) is 9.59 Å². The number of thiazole rings is 1. The van der Waals surface area contributed by atoms with E-state index in [0.717, 1.165) is 17.8 Å². The lowest BCUT2D eigenvalue weighted by atomic mass is 10.1. The number of amides is 2. The van der Waals surface area contributed by atoms with E-state index in [4.69, 9.17) is 0 Å². The Hall–Kier alpha value is -2.21. The zero-order valence-corrected chi connectivity index (χ0v) is 13.1. The highest BCUT2D eigenvalue weighted by Crippen LogP contribution is 2.30. The van der Waals surface area contributed by atoms with E-state index >= 15 is 0 Å². The van der Waals surface area contributed by atoms with Crippen molar-refractivity contribution in [2.24, 2.45) is 0 Å². The Bertz CT molecular complexity index is 663. The molecular weight excluding hydrogens is 298 g/mol. The average molecular weight is 315 g/mol. The van der Waals surface area contributed by atoms with Gasteiger partial charge in [0.05, 0.1) is 6.54 Å². The maximum Gasteiger partial charge on any atom is 0.254 e. The van der Waals surface area contributed by atoms with E-state index in [-0.39, 0.29) is 11.8 Å². The molecule has 0 bridgehead atoms. The largest absolute Gasteiger partial charge is 0.329 e. The third-order valence-electron chi connectivity index (χ3n) is 3.49. The van der Waals surface area contributed by atoms with Crippen LogP contribution in [0.3, 0.4) is 0 Å². The molecule has 1 saturated carbocycles. The van der Waals surface area contributed by atoms with Crippen LogP contribution in [0.25, 0.3) is 0 Å². The highest BCUT2D eigenvalue weighted by atomic mass is 32.1. The van der Waals surface area contributed by atoms with Crippen molar-refractivity contribution < 1.29 is 9.59 Å². The molecule has 1 fully saturated rings. The van der Waals surface area contributed by atoms with Crippen molar-refractivity contribution in [3.8, 4) is 0 Å². The van der Waals surface area contributed by atoms with Crippen molar-refractivity contribution in [1.29, 1.82) is 0 Å². The number of carbonyl (C=O) groups excluding carboxylic acids is 2. The van der Waals surface area contributed by atoms with Crippen molar-refractivity contribution >= 4 is 28.8 Å². The maximum absolute atomic E-state index is 12.7. The first-order chi connectivity index (χ1) is 10.6. The molecule has 0 spiro atoms. The molecule has 114 valence electrons. The Labute approximate surface area is 133 Å². The number of benzene rings is 1. The van der Waals surface area contributed by atoms with Crippen LogP contribution in [0.5, 0.6) is 0 Å². The van der Waals surface area contributed by atoms with Crippen LogP contribution in [0.2, 0.25) is 0 Å². The third kappa shape index (κ3) is 3.51. The summed E-state index contributed by atoms with van der Waals surface area (Å²) < 4.78 is 0. The van der Waals surface area contributed by atoms with Crippen LogP contribution in [0.4, 0.5) is 5.69 Å². The van der Waals surface area contributed by atoms with Crippen LogP contribution in [-0.4, -0.2) is 27.7 Å². The first-order valence-electron chi connectivity index (χ1n) is 7.20. The van der Waals surface area contributed by atoms with Crippen LogP contribution in [-0.2, 0) is 11.3 Å². The molecule has 1 aromatic heterocycles. The van der Waals surface area contributed by atoms with E-state index in [1.165, 1.54) is 6.92 Å². The van der Waals surface area contributed by atoms with Gasteiger partial charge in [-0.25, -0.2) is 4.98 Å². The lowest BCUT2D eigenvalue weighted by Gasteiger charge is -2.21. The summed E-state index contributed by atoms with van der Waals surface area (Å²) in [4.78, 5) is 29.9. The Balaban J connectivity index is 1.74. The molecule has 2 aromatic rings. The standard InChI is InChI=1S/C16H17N3O2S/c1-11(20)18-13-4-2-12(3-5-13)16(21)19(14-6-7-14)10-15-17-8-9-22-15/h2-5,8-9,14H,6-7,10H2,1H3,(H,18,20). The van der Waals surface area contributed by atoms with Crippen molar-refractivity contribution in [1.82, 2.24) is 9.88 Å². The summed E-state index contributed by atoms with van der Waals surface area (Å²) in [7, 11) is 0. The second-order valence-electron chi connectivity index (χ2n) is 5.35. The van der Waals surface area contributed by atoms with E-state index in [1.54, 1.807) is 41.8 Å². The van der Waals surface area contributed by atoms with Crippen molar-refractivity contribution in [2.45, 2.75) is 32.4 Å². The number of carbonyl (C=O) groups is 2. The molecule has 0 saturated heterocycles. The summed E-state index contributed by atoms with van der Waals surface area (Å²) in [6.07, 6.45) is 3.87. The van der Waals surface area contributed by atoms with Crippen LogP contribution >= 0.6 is 11.3 Å². The molecule has 1 aromatic carbocycles. The first-order valence-corrected chi connectivity index (χ1v) is 8.08. The van der Waals surface area contributed by atoms with E-state index in [1.807, 2.05) is 10.3 Å². The van der Waals surface area contributed by atoms with E-state index in [9.17, 15) is 9.59 Å². The topological polar surface area (TPSA) is 62.3 Å². The number of aromatic nitrogens is 1. The number of hydrogen-bond acceptors (Lipinski definition) is 4. The van der Waals surface area contributed by atoms with E-state index < -0.39 is 0 Å². The Kier molecular flexibility index (Phi) is 4.20. The monoisotopic (exact) mass is 315 g/mol. The second kappa shape index (κ2) is 6.27. The fraction of sp³-hybridized carbons (Fsp3) is 0.312. The predicted octanol–water partition coefficient (Wildman–Crippen LogP) is 2.91. The number of nitrogens with zero attached hydrogens (tertiary/aromatic N) is 2. The molecule has 2 amide bonds. The van der Waals surface area contributed by atoms with Crippen LogP contribution < -0.4 is 5.32 Å². The summed E-state index contributed by atoms with van der Waals surface area (Å²) in [5.41, 5.74) is 1.33. The minimum absolute atomic E-state index is 0.0204. The van der Waals surface area contributed by atoms with Gasteiger partial charge in [0.15, 0.2) is 0 Å². The smallest absolute Gasteiger partial charge is 0.254 e. The Morgan fingerprint density at radius 3 is 2.59 bits per heavy atom. The van der Waals surface area contributed by atoms with Gasteiger partial charge in [-0.1, -0.05) is 0 Å². The zero-order valence-electron chi connectivity index (χ0n) is 12.3. The summed E-state index contributed by atoms with van der Waals surface area (Å²) >= 11 is 1.57. The predicted molar refractivity (Wildman–Crippen MR) is 85.8 cm³/mol. The molecule has 22 heavy (non-hydrogen) atoms. The SMILES string of the molecule is CC(=O)Nc1ccc(C(=O)N(Cc2nccs2)C2CC2)cc1. The summed E-state index contributed by atoms with van der Waals surface area (Å²) in [6.45, 7) is 2.02. The maximum atomic E-state index is 12.7. The van der Waals surface area contributed by atoms with Gasteiger partial charge in [-0.2, -0.15) is 0 Å². The molecule has 0 unspecified atom stereocenters. The molecule has 1 aliphatic carbocycles. The zero-order chi connectivity index (χ0) is 15.5. The summed E-state index contributed by atoms with van der Waals surface area (Å²) in [5, 5.41) is 5.58. The fourth-order valence-corrected chi connectivity index (χ4v) is 2.91. The lowest BCUT2D eigenvalue weighted by Crippen LogP contribution is -2.32. The molecule has 1 N–H and O–H groups in total. The van der Waals surface area contributed by atoms with E-state index in [2.05, 4.69) is 10.3 Å². The molecule has 0 atom stereocenters. The molecule has 0 aliphatic heterocycles. The fourth-order valence-electron chi connectivity index (χ4n) is 2.29. The van der Waals surface area contributed by atoms with Gasteiger partial charge >= 0.3 is 0 Å². The number of nitrogens with one attached hydrogen (secondary N) is 1. The molecule has 1 heterocycles. The third-order valence-corrected chi connectivity index (χ3v) is 4.25. The van der Waals surface area contributed by atoms with Gasteiger partial charge in [-0.15, -0.1) is 11.3 Å². The van der Waals surface area contributed by atoms with Gasteiger partial charge in [0.2, 0.25) is 5.91 Å². The minimum atomic E-state index is -0.123. The van der Waals surface area contributed by atoms with Crippen LogP contribution in [0, 0.1) is 0 Å². The number of rotatable bonds is 5. The van der Waals surface area contributed by atoms with Crippen LogP contribution in [0.1, 0.15) is 35.1 Å². The van der Waals surface area contributed by atoms with Crippen molar-refractivity contribution in [2.75, 3.05) is 5.32 Å². The summed E-state index contributed by atoms with van der Waals surface area (Å²) in [5.74, 6) is -0.102. The van der Waals surface area contributed by atoms with Gasteiger partial charge in [0.25, 0.3) is 5.91 Å². The molecule has 3 rings (SSSR count). The highest BCUT2D eigenvalue weighted by Gasteiger charge is 2.33. The molecule has 5 nitrogen and oxygen atoms in total. The molecule has 6 heteroatoms. The van der Waals surface area contributed by atoms with Gasteiger partial charge < -0.3 is 10.2 Å².